The van der Waals surface area contributed by atoms with Gasteiger partial charge < -0.3 is 10.1 Å². The Morgan fingerprint density at radius 1 is 1.16 bits per heavy atom. The Bertz CT molecular complexity index is 1240. The van der Waals surface area contributed by atoms with Gasteiger partial charge in [-0.25, -0.2) is 8.42 Å². The van der Waals surface area contributed by atoms with Gasteiger partial charge in [0.25, 0.3) is 0 Å². The molecule has 3 aromatic carbocycles. The highest BCUT2D eigenvalue weighted by atomic mass is 35.5. The number of fused-ring (bicyclic) bond motifs is 1. The number of anilines is 1. The lowest BCUT2D eigenvalue weighted by molar-refractivity contribution is -0.120. The minimum absolute atomic E-state index is 0.0982. The van der Waals surface area contributed by atoms with Crippen molar-refractivity contribution in [2.75, 3.05) is 25.0 Å². The molecular formula is C24H25ClN2O4S. The maximum atomic E-state index is 13.2. The number of piperidine rings is 1. The molecule has 8 heteroatoms. The highest BCUT2D eigenvalue weighted by Gasteiger charge is 2.33. The normalized spacial score (nSPS) is 17.2. The molecule has 3 aromatic rings. The van der Waals surface area contributed by atoms with Crippen molar-refractivity contribution in [1.82, 2.24) is 4.31 Å². The molecule has 1 amide bonds. The van der Waals surface area contributed by atoms with Crippen LogP contribution in [0.25, 0.3) is 10.8 Å². The lowest BCUT2D eigenvalue weighted by atomic mass is 9.98. The van der Waals surface area contributed by atoms with Crippen molar-refractivity contribution in [1.29, 1.82) is 0 Å². The van der Waals surface area contributed by atoms with E-state index in [0.717, 1.165) is 16.5 Å². The third kappa shape index (κ3) is 4.60. The van der Waals surface area contributed by atoms with Crippen molar-refractivity contribution < 1.29 is 17.9 Å². The molecule has 0 bridgehead atoms. The molecule has 0 unspecified atom stereocenters. The molecule has 1 N–H and O–H groups in total. The average Bonchev–Trinajstić information content (AvgIpc) is 2.81. The number of hydrogen-bond acceptors (Lipinski definition) is 4. The van der Waals surface area contributed by atoms with Gasteiger partial charge in [-0.05, 0) is 49.4 Å². The van der Waals surface area contributed by atoms with Crippen molar-refractivity contribution in [3.63, 3.8) is 0 Å². The lowest BCUT2D eigenvalue weighted by Gasteiger charge is -2.31. The van der Waals surface area contributed by atoms with Crippen LogP contribution >= 0.6 is 11.6 Å². The van der Waals surface area contributed by atoms with Gasteiger partial charge in [-0.15, -0.1) is 0 Å². The van der Waals surface area contributed by atoms with Gasteiger partial charge in [-0.2, -0.15) is 4.31 Å². The largest absolute Gasteiger partial charge is 0.492 e. The molecule has 4 rings (SSSR count). The van der Waals surface area contributed by atoms with E-state index in [9.17, 15) is 13.2 Å². The van der Waals surface area contributed by atoms with Crippen LogP contribution in [0.15, 0.2) is 65.6 Å². The number of halogens is 1. The number of nitrogens with zero attached hydrogens (tertiary/aromatic N) is 1. The number of rotatable bonds is 6. The van der Waals surface area contributed by atoms with Crippen LogP contribution in [0.5, 0.6) is 5.75 Å². The first kappa shape index (κ1) is 22.6. The van der Waals surface area contributed by atoms with Gasteiger partial charge in [0.15, 0.2) is 0 Å². The molecular weight excluding hydrogens is 448 g/mol. The predicted octanol–water partition coefficient (Wildman–Crippen LogP) is 4.93. The highest BCUT2D eigenvalue weighted by molar-refractivity contribution is 7.89. The fraction of sp³-hybridized carbons (Fsp3) is 0.292. The fourth-order valence-electron chi connectivity index (χ4n) is 4.01. The first-order valence-corrected chi connectivity index (χ1v) is 12.4. The van der Waals surface area contributed by atoms with Crippen LogP contribution in [0.3, 0.4) is 0 Å². The number of amides is 1. The monoisotopic (exact) mass is 472 g/mol. The predicted molar refractivity (Wildman–Crippen MR) is 127 cm³/mol. The molecule has 6 nitrogen and oxygen atoms in total. The summed E-state index contributed by atoms with van der Waals surface area (Å²) in [5.41, 5.74) is 0.728. The molecule has 1 saturated heterocycles. The van der Waals surface area contributed by atoms with E-state index < -0.39 is 15.9 Å². The van der Waals surface area contributed by atoms with E-state index in [1.807, 2.05) is 49.4 Å². The van der Waals surface area contributed by atoms with Crippen LogP contribution in [0.1, 0.15) is 19.8 Å². The zero-order valence-corrected chi connectivity index (χ0v) is 19.3. The van der Waals surface area contributed by atoms with Crippen LogP contribution in [-0.2, 0) is 14.8 Å². The Hall–Kier alpha value is -2.61. The summed E-state index contributed by atoms with van der Waals surface area (Å²) >= 11 is 6.20. The molecule has 1 fully saturated rings. The van der Waals surface area contributed by atoms with Gasteiger partial charge in [0.1, 0.15) is 5.75 Å². The van der Waals surface area contributed by atoms with Gasteiger partial charge in [-0.3, -0.25) is 4.79 Å². The van der Waals surface area contributed by atoms with E-state index in [0.29, 0.717) is 31.7 Å². The Labute approximate surface area is 193 Å². The number of ether oxygens (including phenoxy) is 1. The molecule has 1 heterocycles. The van der Waals surface area contributed by atoms with Crippen molar-refractivity contribution in [2.24, 2.45) is 5.92 Å². The summed E-state index contributed by atoms with van der Waals surface area (Å²) in [6.45, 7) is 2.76. The average molecular weight is 473 g/mol. The number of benzene rings is 3. The minimum atomic E-state index is -3.78. The minimum Gasteiger partial charge on any atom is -0.492 e. The SMILES string of the molecule is CCOc1ccc(S(=O)(=O)N2CCC[C@@H](C(=O)Nc3cccc4ccccc34)C2)cc1Cl. The third-order valence-corrected chi connectivity index (χ3v) is 7.80. The van der Waals surface area contributed by atoms with Crippen LogP contribution in [0, 0.1) is 5.92 Å². The fourth-order valence-corrected chi connectivity index (χ4v) is 5.86. The van der Waals surface area contributed by atoms with E-state index in [-0.39, 0.29) is 22.4 Å². The van der Waals surface area contributed by atoms with E-state index in [2.05, 4.69) is 5.32 Å². The van der Waals surface area contributed by atoms with Crippen LogP contribution in [-0.4, -0.2) is 38.3 Å². The molecule has 1 aliphatic heterocycles. The molecule has 32 heavy (non-hydrogen) atoms. The lowest BCUT2D eigenvalue weighted by Crippen LogP contribution is -2.43. The van der Waals surface area contributed by atoms with Crippen LogP contribution < -0.4 is 10.1 Å². The smallest absolute Gasteiger partial charge is 0.243 e. The Morgan fingerprint density at radius 3 is 2.72 bits per heavy atom. The Balaban J connectivity index is 1.51. The van der Waals surface area contributed by atoms with Gasteiger partial charge in [0, 0.05) is 24.2 Å². The number of carbonyl (C=O) groups is 1. The van der Waals surface area contributed by atoms with Gasteiger partial charge >= 0.3 is 0 Å². The molecule has 168 valence electrons. The molecule has 0 spiro atoms. The van der Waals surface area contributed by atoms with Crippen molar-refractivity contribution in [3.8, 4) is 5.75 Å². The van der Waals surface area contributed by atoms with Gasteiger partial charge in [0.05, 0.1) is 22.4 Å². The van der Waals surface area contributed by atoms with Crippen molar-refractivity contribution in [2.45, 2.75) is 24.7 Å². The maximum Gasteiger partial charge on any atom is 0.243 e. The summed E-state index contributed by atoms with van der Waals surface area (Å²) in [4.78, 5) is 13.1. The molecule has 1 aliphatic rings. The number of sulfonamides is 1. The molecule has 0 saturated carbocycles. The summed E-state index contributed by atoms with van der Waals surface area (Å²) in [6.07, 6.45) is 1.24. The summed E-state index contributed by atoms with van der Waals surface area (Å²) in [6, 6.07) is 18.0. The molecule has 0 radical (unpaired) electrons. The summed E-state index contributed by atoms with van der Waals surface area (Å²) in [5, 5.41) is 5.23. The summed E-state index contributed by atoms with van der Waals surface area (Å²) < 4.78 is 33.2. The van der Waals surface area contributed by atoms with E-state index in [1.54, 1.807) is 6.07 Å². The third-order valence-electron chi connectivity index (χ3n) is 5.64. The summed E-state index contributed by atoms with van der Waals surface area (Å²) in [5.74, 6) is -0.166. The maximum absolute atomic E-state index is 13.2. The second-order valence-electron chi connectivity index (χ2n) is 7.74. The first-order valence-electron chi connectivity index (χ1n) is 10.6. The van der Waals surface area contributed by atoms with E-state index in [1.165, 1.54) is 16.4 Å². The van der Waals surface area contributed by atoms with Crippen molar-refractivity contribution in [3.05, 3.63) is 65.7 Å². The second kappa shape index (κ2) is 9.48. The summed E-state index contributed by atoms with van der Waals surface area (Å²) in [7, 11) is -3.78. The Morgan fingerprint density at radius 2 is 1.94 bits per heavy atom. The number of hydrogen-bond donors (Lipinski definition) is 1. The van der Waals surface area contributed by atoms with E-state index in [4.69, 9.17) is 16.3 Å². The quantitative estimate of drug-likeness (QED) is 0.551. The van der Waals surface area contributed by atoms with Crippen LogP contribution in [0.2, 0.25) is 5.02 Å². The highest BCUT2D eigenvalue weighted by Crippen LogP contribution is 2.31. The number of carbonyl (C=O) groups excluding carboxylic acids is 1. The standard InChI is InChI=1S/C24H25ClN2O4S/c1-2-31-23-13-12-19(15-21(23)25)32(29,30)27-14-6-9-18(16-27)24(28)26-22-11-5-8-17-7-3-4-10-20(17)22/h3-5,7-8,10-13,15,18H,2,6,9,14,16H2,1H3,(H,26,28)/t18-/m1/s1. The topological polar surface area (TPSA) is 75.7 Å². The first-order chi connectivity index (χ1) is 15.4. The number of nitrogens with one attached hydrogen (secondary N) is 1. The molecule has 0 aliphatic carbocycles. The zero-order chi connectivity index (χ0) is 22.7. The van der Waals surface area contributed by atoms with Crippen molar-refractivity contribution >= 4 is 44.0 Å². The van der Waals surface area contributed by atoms with Gasteiger partial charge in [0.2, 0.25) is 15.9 Å². The zero-order valence-electron chi connectivity index (χ0n) is 17.8. The van der Waals surface area contributed by atoms with Gasteiger partial charge in [-0.1, -0.05) is 48.0 Å². The Kier molecular flexibility index (Phi) is 6.69. The molecule has 0 aromatic heterocycles. The van der Waals surface area contributed by atoms with Crippen LogP contribution in [0.4, 0.5) is 5.69 Å². The van der Waals surface area contributed by atoms with E-state index >= 15 is 0 Å². The molecule has 1 atom stereocenters. The second-order valence-corrected chi connectivity index (χ2v) is 10.1.